The van der Waals surface area contributed by atoms with Crippen LogP contribution >= 0.6 is 0 Å². The van der Waals surface area contributed by atoms with Crippen molar-refractivity contribution >= 4 is 11.9 Å². The van der Waals surface area contributed by atoms with Gasteiger partial charge in [-0.1, -0.05) is 194 Å². The molecular weight excluding hydrogens is 648 g/mol. The van der Waals surface area contributed by atoms with Gasteiger partial charge in [-0.05, 0) is 25.7 Å². The molecule has 4 nitrogen and oxygen atoms in total. The van der Waals surface area contributed by atoms with Crippen molar-refractivity contribution in [2.75, 3.05) is 0 Å². The first-order valence-electron chi connectivity index (χ1n) is 17.9. The van der Waals surface area contributed by atoms with Crippen molar-refractivity contribution in [1.29, 1.82) is 0 Å². The Hall–Kier alpha value is 0.524. The van der Waals surface area contributed by atoms with E-state index in [0.29, 0.717) is 0 Å². The molecule has 0 atom stereocenters. The molecule has 0 saturated carbocycles. The van der Waals surface area contributed by atoms with E-state index in [0.717, 1.165) is 25.7 Å². The summed E-state index contributed by atoms with van der Waals surface area (Å²) in [7, 11) is 0. The number of carbonyl (C=O) groups is 2. The summed E-state index contributed by atoms with van der Waals surface area (Å²) in [5, 5.41) is 20.4. The molecular formula is C36H70EuO4. The zero-order chi connectivity index (χ0) is 29.8. The van der Waals surface area contributed by atoms with Crippen LogP contribution in [0.25, 0.3) is 0 Å². The van der Waals surface area contributed by atoms with Crippen molar-refractivity contribution in [3.8, 4) is 0 Å². The Morgan fingerprint density at radius 3 is 0.610 bits per heavy atom. The van der Waals surface area contributed by atoms with E-state index in [4.69, 9.17) is 0 Å². The van der Waals surface area contributed by atoms with Crippen LogP contribution in [0.4, 0.5) is 0 Å². The molecule has 5 heteroatoms. The molecule has 0 rings (SSSR count). The Labute approximate surface area is 297 Å². The van der Waals surface area contributed by atoms with Crippen LogP contribution in [-0.2, 0) is 9.59 Å². The number of unbranched alkanes of at least 4 members (excludes halogenated alkanes) is 28. The predicted molar refractivity (Wildman–Crippen MR) is 169 cm³/mol. The number of carboxylic acids is 2. The molecule has 0 aromatic rings. The quantitative estimate of drug-likeness (QED) is 0.0649. The molecule has 1 radical (unpaired) electrons. The Bertz CT molecular complexity index is 454. The Balaban J connectivity index is -0.000000688. The minimum absolute atomic E-state index is 0. The van der Waals surface area contributed by atoms with E-state index in [1.54, 1.807) is 0 Å². The zero-order valence-electron chi connectivity index (χ0n) is 27.6. The summed E-state index contributed by atoms with van der Waals surface area (Å²) in [5.41, 5.74) is 0. The summed E-state index contributed by atoms with van der Waals surface area (Å²) in [6.45, 7) is 4.53. The SMILES string of the molecule is CCCCCCCCCCCCCCCCCC(=O)[O-].CCCCCCCCCCCCCCCCCC(=O)[O-].[Eu+2]. The Morgan fingerprint density at radius 1 is 0.317 bits per heavy atom. The molecule has 0 heterocycles. The molecule has 0 aliphatic rings. The van der Waals surface area contributed by atoms with Gasteiger partial charge in [0.1, 0.15) is 0 Å². The summed E-state index contributed by atoms with van der Waals surface area (Å²) >= 11 is 0. The summed E-state index contributed by atoms with van der Waals surface area (Å²) in [6.07, 6.45) is 39.7. The fourth-order valence-corrected chi connectivity index (χ4v) is 5.28. The van der Waals surface area contributed by atoms with Gasteiger partial charge in [0.25, 0.3) is 0 Å². The second-order valence-corrected chi connectivity index (χ2v) is 12.1. The molecule has 0 spiro atoms. The maximum absolute atomic E-state index is 10.2. The van der Waals surface area contributed by atoms with Gasteiger partial charge in [-0.15, -0.1) is 0 Å². The summed E-state index contributed by atoms with van der Waals surface area (Å²) in [5.74, 6) is -1.81. The molecule has 0 amide bonds. The van der Waals surface area contributed by atoms with Gasteiger partial charge in [-0.25, -0.2) is 0 Å². The standard InChI is InChI=1S/2C18H36O2.Eu/c2*1-2-3-4-5-6-7-8-9-10-11-12-13-14-15-16-17-18(19)20;/h2*2-17H2,1H3,(H,19,20);/q;;+2/p-2. The fourth-order valence-electron chi connectivity index (χ4n) is 5.28. The van der Waals surface area contributed by atoms with Crippen molar-refractivity contribution in [2.45, 2.75) is 219 Å². The van der Waals surface area contributed by atoms with E-state index < -0.39 is 11.9 Å². The van der Waals surface area contributed by atoms with E-state index in [1.165, 1.54) is 167 Å². The van der Waals surface area contributed by atoms with Gasteiger partial charge in [-0.2, -0.15) is 0 Å². The normalized spacial score (nSPS) is 10.6. The van der Waals surface area contributed by atoms with Crippen molar-refractivity contribution < 1.29 is 69.2 Å². The first-order valence-corrected chi connectivity index (χ1v) is 17.9. The molecule has 0 aliphatic heterocycles. The Morgan fingerprint density at radius 2 is 0.463 bits per heavy atom. The van der Waals surface area contributed by atoms with Gasteiger partial charge in [0, 0.05) is 11.9 Å². The molecule has 0 unspecified atom stereocenters. The van der Waals surface area contributed by atoms with Gasteiger partial charge >= 0.3 is 49.4 Å². The minimum atomic E-state index is -0.903. The fraction of sp³-hybridized carbons (Fsp3) is 0.944. The van der Waals surface area contributed by atoms with Crippen LogP contribution in [0.1, 0.15) is 219 Å². The van der Waals surface area contributed by atoms with E-state index in [1.807, 2.05) is 0 Å². The van der Waals surface area contributed by atoms with Crippen LogP contribution in [-0.4, -0.2) is 11.9 Å². The first kappa shape index (κ1) is 45.9. The van der Waals surface area contributed by atoms with Crippen molar-refractivity contribution in [3.05, 3.63) is 0 Å². The maximum Gasteiger partial charge on any atom is 2.00 e. The molecule has 0 aliphatic carbocycles. The van der Waals surface area contributed by atoms with E-state index in [-0.39, 0.29) is 62.2 Å². The third-order valence-corrected chi connectivity index (χ3v) is 7.97. The number of carbonyl (C=O) groups excluding carboxylic acids is 2. The van der Waals surface area contributed by atoms with Crippen LogP contribution < -0.4 is 10.2 Å². The largest absolute Gasteiger partial charge is 2.00 e. The van der Waals surface area contributed by atoms with Crippen LogP contribution in [0.5, 0.6) is 0 Å². The van der Waals surface area contributed by atoms with Crippen LogP contribution in [0, 0.1) is 49.4 Å². The third kappa shape index (κ3) is 50.5. The molecule has 0 aromatic heterocycles. The van der Waals surface area contributed by atoms with Gasteiger partial charge in [0.15, 0.2) is 0 Å². The van der Waals surface area contributed by atoms with Crippen LogP contribution in [0.3, 0.4) is 0 Å². The molecule has 0 saturated heterocycles. The smallest absolute Gasteiger partial charge is 0.550 e. The van der Waals surface area contributed by atoms with Crippen LogP contribution in [0.15, 0.2) is 0 Å². The molecule has 245 valence electrons. The summed E-state index contributed by atoms with van der Waals surface area (Å²) in [4.78, 5) is 20.4. The van der Waals surface area contributed by atoms with Crippen molar-refractivity contribution in [3.63, 3.8) is 0 Å². The van der Waals surface area contributed by atoms with E-state index in [9.17, 15) is 19.8 Å². The molecule has 41 heavy (non-hydrogen) atoms. The maximum atomic E-state index is 10.2. The average molecular weight is 719 g/mol. The second-order valence-electron chi connectivity index (χ2n) is 12.1. The second kappa shape index (κ2) is 42.7. The number of carboxylic acid groups (broad SMARTS) is 2. The molecule has 0 fully saturated rings. The number of hydrogen-bond acceptors (Lipinski definition) is 4. The number of aliphatic carboxylic acids is 2. The van der Waals surface area contributed by atoms with E-state index >= 15 is 0 Å². The summed E-state index contributed by atoms with van der Waals surface area (Å²) in [6, 6.07) is 0. The zero-order valence-corrected chi connectivity index (χ0v) is 30.1. The number of hydrogen-bond donors (Lipinski definition) is 0. The average Bonchev–Trinajstić information content (AvgIpc) is 2.93. The van der Waals surface area contributed by atoms with E-state index in [2.05, 4.69) is 13.8 Å². The van der Waals surface area contributed by atoms with Crippen LogP contribution in [0.2, 0.25) is 0 Å². The topological polar surface area (TPSA) is 80.3 Å². The molecule has 0 aromatic carbocycles. The number of rotatable bonds is 32. The van der Waals surface area contributed by atoms with Crippen molar-refractivity contribution in [2.24, 2.45) is 0 Å². The molecule has 0 N–H and O–H groups in total. The van der Waals surface area contributed by atoms with Gasteiger partial charge in [0.05, 0.1) is 0 Å². The minimum Gasteiger partial charge on any atom is -0.550 e. The van der Waals surface area contributed by atoms with Gasteiger partial charge < -0.3 is 19.8 Å². The third-order valence-electron chi connectivity index (χ3n) is 7.97. The molecule has 0 bridgehead atoms. The summed E-state index contributed by atoms with van der Waals surface area (Å²) < 4.78 is 0. The Kier molecular flexibility index (Phi) is 47.8. The van der Waals surface area contributed by atoms with Gasteiger partial charge in [0.2, 0.25) is 0 Å². The first-order chi connectivity index (χ1) is 19.5. The monoisotopic (exact) mass is 719 g/mol. The predicted octanol–water partition coefficient (Wildman–Crippen LogP) is 10.00. The van der Waals surface area contributed by atoms with Crippen molar-refractivity contribution in [1.82, 2.24) is 0 Å². The van der Waals surface area contributed by atoms with Gasteiger partial charge in [-0.3, -0.25) is 0 Å².